The second-order valence-corrected chi connectivity index (χ2v) is 5.75. The van der Waals surface area contributed by atoms with Gasteiger partial charge in [0.05, 0.1) is 17.7 Å². The lowest BCUT2D eigenvalue weighted by atomic mass is 10.1. The van der Waals surface area contributed by atoms with Crippen LogP contribution in [-0.2, 0) is 6.54 Å². The van der Waals surface area contributed by atoms with Crippen LogP contribution in [0.2, 0.25) is 0 Å². The Bertz CT molecular complexity index is 381. The molecule has 0 amide bonds. The van der Waals surface area contributed by atoms with E-state index in [0.29, 0.717) is 13.2 Å². The van der Waals surface area contributed by atoms with Crippen molar-refractivity contribution in [3.05, 3.63) is 26.6 Å². The van der Waals surface area contributed by atoms with Crippen molar-refractivity contribution in [3.8, 4) is 5.75 Å². The first-order valence-corrected chi connectivity index (χ1v) is 7.65. The van der Waals surface area contributed by atoms with Crippen LogP contribution in [0, 0.1) is 0 Å². The SMILES string of the molecule is CCOc1c(Br)cc(Br)cc1CN[C@@H](CC)CO. The predicted molar refractivity (Wildman–Crippen MR) is 81.0 cm³/mol. The summed E-state index contributed by atoms with van der Waals surface area (Å²) >= 11 is 6.98. The van der Waals surface area contributed by atoms with Crippen molar-refractivity contribution in [1.29, 1.82) is 0 Å². The van der Waals surface area contributed by atoms with Gasteiger partial charge in [-0.2, -0.15) is 0 Å². The maximum atomic E-state index is 9.17. The molecule has 0 spiro atoms. The number of ether oxygens (including phenoxy) is 1. The fraction of sp³-hybridized carbons (Fsp3) is 0.538. The second kappa shape index (κ2) is 8.15. The minimum absolute atomic E-state index is 0.122. The van der Waals surface area contributed by atoms with Crippen LogP contribution in [0.5, 0.6) is 5.75 Å². The predicted octanol–water partition coefficient (Wildman–Crippen LogP) is 3.47. The van der Waals surface area contributed by atoms with Gasteiger partial charge in [-0.15, -0.1) is 0 Å². The van der Waals surface area contributed by atoms with Crippen LogP contribution in [0.15, 0.2) is 21.1 Å². The molecule has 1 atom stereocenters. The molecule has 1 aromatic carbocycles. The molecule has 0 radical (unpaired) electrons. The van der Waals surface area contributed by atoms with E-state index in [9.17, 15) is 5.11 Å². The molecule has 0 aliphatic carbocycles. The van der Waals surface area contributed by atoms with Gasteiger partial charge in [0.25, 0.3) is 0 Å². The van der Waals surface area contributed by atoms with E-state index in [0.717, 1.165) is 26.7 Å². The van der Waals surface area contributed by atoms with Crippen LogP contribution < -0.4 is 10.1 Å². The van der Waals surface area contributed by atoms with E-state index < -0.39 is 0 Å². The molecule has 102 valence electrons. The highest BCUT2D eigenvalue weighted by atomic mass is 79.9. The number of nitrogens with one attached hydrogen (secondary N) is 1. The second-order valence-electron chi connectivity index (χ2n) is 3.98. The van der Waals surface area contributed by atoms with Gasteiger partial charge < -0.3 is 15.2 Å². The summed E-state index contributed by atoms with van der Waals surface area (Å²) in [6.07, 6.45) is 0.898. The molecule has 5 heteroatoms. The van der Waals surface area contributed by atoms with E-state index in [1.165, 1.54) is 0 Å². The Balaban J connectivity index is 2.85. The Hall–Kier alpha value is -0.100. The Morgan fingerprint density at radius 2 is 2.06 bits per heavy atom. The van der Waals surface area contributed by atoms with Gasteiger partial charge >= 0.3 is 0 Å². The summed E-state index contributed by atoms with van der Waals surface area (Å²) in [5.74, 6) is 0.862. The van der Waals surface area contributed by atoms with E-state index in [4.69, 9.17) is 4.74 Å². The molecule has 0 aliphatic rings. The Labute approximate surface area is 125 Å². The van der Waals surface area contributed by atoms with Crippen LogP contribution in [0.3, 0.4) is 0 Å². The highest BCUT2D eigenvalue weighted by Gasteiger charge is 2.11. The Morgan fingerprint density at radius 1 is 1.33 bits per heavy atom. The fourth-order valence-corrected chi connectivity index (χ4v) is 3.07. The zero-order valence-corrected chi connectivity index (χ0v) is 13.8. The molecule has 0 aliphatic heterocycles. The number of rotatable bonds is 7. The molecule has 18 heavy (non-hydrogen) atoms. The van der Waals surface area contributed by atoms with Crippen molar-refractivity contribution < 1.29 is 9.84 Å². The first-order chi connectivity index (χ1) is 8.62. The highest BCUT2D eigenvalue weighted by Crippen LogP contribution is 2.33. The molecular weight excluding hydrogens is 362 g/mol. The van der Waals surface area contributed by atoms with Gasteiger partial charge in [0.1, 0.15) is 5.75 Å². The van der Waals surface area contributed by atoms with Crippen molar-refractivity contribution in [2.75, 3.05) is 13.2 Å². The van der Waals surface area contributed by atoms with Crippen molar-refractivity contribution >= 4 is 31.9 Å². The summed E-state index contributed by atoms with van der Waals surface area (Å²) in [4.78, 5) is 0. The normalized spacial score (nSPS) is 12.5. The van der Waals surface area contributed by atoms with Crippen molar-refractivity contribution in [2.45, 2.75) is 32.9 Å². The molecule has 0 unspecified atom stereocenters. The molecule has 0 aromatic heterocycles. The number of aliphatic hydroxyl groups excluding tert-OH is 1. The lowest BCUT2D eigenvalue weighted by Gasteiger charge is -2.17. The zero-order chi connectivity index (χ0) is 13.5. The maximum absolute atomic E-state index is 9.17. The molecule has 1 rings (SSSR count). The van der Waals surface area contributed by atoms with Crippen molar-refractivity contribution in [2.24, 2.45) is 0 Å². The summed E-state index contributed by atoms with van der Waals surface area (Å²) < 4.78 is 7.60. The smallest absolute Gasteiger partial charge is 0.138 e. The number of halogens is 2. The number of benzene rings is 1. The Kier molecular flexibility index (Phi) is 7.22. The molecule has 0 fully saturated rings. The lowest BCUT2D eigenvalue weighted by Crippen LogP contribution is -2.31. The third kappa shape index (κ3) is 4.53. The molecule has 1 aromatic rings. The molecule has 3 nitrogen and oxygen atoms in total. The van der Waals surface area contributed by atoms with Gasteiger partial charge in [0, 0.05) is 22.6 Å². The van der Waals surface area contributed by atoms with Crippen LogP contribution in [0.25, 0.3) is 0 Å². The molecule has 2 N–H and O–H groups in total. The lowest BCUT2D eigenvalue weighted by molar-refractivity contribution is 0.237. The van der Waals surface area contributed by atoms with Crippen LogP contribution in [0.4, 0.5) is 0 Å². The summed E-state index contributed by atoms with van der Waals surface area (Å²) in [5.41, 5.74) is 1.07. The van der Waals surface area contributed by atoms with Gasteiger partial charge in [-0.3, -0.25) is 0 Å². The third-order valence-electron chi connectivity index (χ3n) is 2.67. The zero-order valence-electron chi connectivity index (χ0n) is 10.7. The average Bonchev–Trinajstić information content (AvgIpc) is 2.34. The van der Waals surface area contributed by atoms with Crippen molar-refractivity contribution in [1.82, 2.24) is 5.32 Å². The summed E-state index contributed by atoms with van der Waals surface area (Å²) in [7, 11) is 0. The van der Waals surface area contributed by atoms with Crippen LogP contribution >= 0.6 is 31.9 Å². The topological polar surface area (TPSA) is 41.5 Å². The summed E-state index contributed by atoms with van der Waals surface area (Å²) in [5, 5.41) is 12.5. The fourth-order valence-electron chi connectivity index (χ4n) is 1.64. The average molecular weight is 381 g/mol. The van der Waals surface area contributed by atoms with Gasteiger partial charge in [-0.05, 0) is 41.4 Å². The van der Waals surface area contributed by atoms with Crippen LogP contribution in [0.1, 0.15) is 25.8 Å². The number of hydrogen-bond acceptors (Lipinski definition) is 3. The summed E-state index contributed by atoms with van der Waals surface area (Å²) in [6.45, 7) is 5.47. The molecule has 0 saturated heterocycles. The minimum Gasteiger partial charge on any atom is -0.492 e. The van der Waals surface area contributed by atoms with Crippen molar-refractivity contribution in [3.63, 3.8) is 0 Å². The summed E-state index contributed by atoms with van der Waals surface area (Å²) in [6, 6.07) is 4.13. The molecule has 0 saturated carbocycles. The highest BCUT2D eigenvalue weighted by molar-refractivity contribution is 9.11. The van der Waals surface area contributed by atoms with E-state index >= 15 is 0 Å². The van der Waals surface area contributed by atoms with E-state index in [-0.39, 0.29) is 12.6 Å². The quantitative estimate of drug-likeness (QED) is 0.760. The van der Waals surface area contributed by atoms with Gasteiger partial charge in [0.2, 0.25) is 0 Å². The monoisotopic (exact) mass is 379 g/mol. The largest absolute Gasteiger partial charge is 0.492 e. The third-order valence-corrected chi connectivity index (χ3v) is 3.72. The molecule has 0 heterocycles. The maximum Gasteiger partial charge on any atom is 0.138 e. The number of aliphatic hydroxyl groups is 1. The molecular formula is C13H19Br2NO2. The Morgan fingerprint density at radius 3 is 2.61 bits per heavy atom. The standard InChI is InChI=1S/C13H19Br2NO2/c1-3-11(8-17)16-7-9-5-10(14)6-12(15)13(9)18-4-2/h5-6,11,16-17H,3-4,7-8H2,1-2H3/t11-/m0/s1. The number of hydrogen-bond donors (Lipinski definition) is 2. The first kappa shape index (κ1) is 16.0. The van der Waals surface area contributed by atoms with E-state index in [1.54, 1.807) is 0 Å². The van der Waals surface area contributed by atoms with Crippen LogP contribution in [-0.4, -0.2) is 24.4 Å². The van der Waals surface area contributed by atoms with Gasteiger partial charge in [0.15, 0.2) is 0 Å². The van der Waals surface area contributed by atoms with Gasteiger partial charge in [-0.25, -0.2) is 0 Å². The minimum atomic E-state index is 0.122. The van der Waals surface area contributed by atoms with Gasteiger partial charge in [-0.1, -0.05) is 22.9 Å². The van der Waals surface area contributed by atoms with E-state index in [2.05, 4.69) is 37.2 Å². The van der Waals surface area contributed by atoms with E-state index in [1.807, 2.05) is 26.0 Å². The first-order valence-electron chi connectivity index (χ1n) is 6.07. The molecule has 0 bridgehead atoms.